The number of amides is 1. The first-order chi connectivity index (χ1) is 14.0. The van der Waals surface area contributed by atoms with Crippen LogP contribution in [0.15, 0.2) is 53.3 Å². The minimum atomic E-state index is -0.522. The number of hydrogen-bond acceptors (Lipinski definition) is 6. The Morgan fingerprint density at radius 3 is 2.55 bits per heavy atom. The highest BCUT2D eigenvalue weighted by molar-refractivity contribution is 5.95. The molecule has 29 heavy (non-hydrogen) atoms. The van der Waals surface area contributed by atoms with Gasteiger partial charge in [0.1, 0.15) is 5.75 Å². The summed E-state index contributed by atoms with van der Waals surface area (Å²) in [6, 6.07) is 13.4. The lowest BCUT2D eigenvalue weighted by Gasteiger charge is -2.16. The number of hydrogen-bond donors (Lipinski definition) is 0. The van der Waals surface area contributed by atoms with Crippen molar-refractivity contribution < 1.29 is 19.1 Å². The molecule has 9 heteroatoms. The summed E-state index contributed by atoms with van der Waals surface area (Å²) in [5.74, 6) is 0.569. The maximum absolute atomic E-state index is 13.0. The second kappa shape index (κ2) is 7.27. The molecule has 1 aromatic heterocycles. The standard InChI is InChI=1S/C20H18N4O5/c1-28-16-8-6-15(7-9-16)22-12-17-21-19(26)23(24(17)20(22)27)11-13-4-3-5-14(10-13)18(25)29-2/h3-10H,11-12H2,1-2H3. The molecule has 1 aliphatic rings. The van der Waals surface area contributed by atoms with Gasteiger partial charge in [0.25, 0.3) is 0 Å². The third-order valence-electron chi connectivity index (χ3n) is 4.71. The molecule has 0 N–H and O–H groups in total. The lowest BCUT2D eigenvalue weighted by Crippen LogP contribution is -2.34. The van der Waals surface area contributed by atoms with Gasteiger partial charge in [-0.15, -0.1) is 0 Å². The van der Waals surface area contributed by atoms with E-state index in [1.165, 1.54) is 21.4 Å². The fourth-order valence-electron chi connectivity index (χ4n) is 3.27. The quantitative estimate of drug-likeness (QED) is 0.613. The first kappa shape index (κ1) is 18.5. The Labute approximate surface area is 165 Å². The van der Waals surface area contributed by atoms with E-state index >= 15 is 0 Å². The van der Waals surface area contributed by atoms with Gasteiger partial charge in [0, 0.05) is 5.69 Å². The maximum atomic E-state index is 13.0. The van der Waals surface area contributed by atoms with Crippen LogP contribution in [-0.2, 0) is 17.8 Å². The molecule has 4 rings (SSSR count). The van der Waals surface area contributed by atoms with Crippen molar-refractivity contribution in [3.8, 4) is 5.75 Å². The molecule has 0 atom stereocenters. The Morgan fingerprint density at radius 2 is 1.86 bits per heavy atom. The van der Waals surface area contributed by atoms with Gasteiger partial charge in [-0.2, -0.15) is 9.67 Å². The molecule has 0 fully saturated rings. The number of esters is 1. The summed E-state index contributed by atoms with van der Waals surface area (Å²) >= 11 is 0. The normalized spacial score (nSPS) is 12.8. The molecule has 148 valence electrons. The van der Waals surface area contributed by atoms with E-state index in [4.69, 9.17) is 9.47 Å². The fourth-order valence-corrected chi connectivity index (χ4v) is 3.27. The smallest absolute Gasteiger partial charge is 0.364 e. The molecule has 9 nitrogen and oxygen atoms in total. The first-order valence-electron chi connectivity index (χ1n) is 8.83. The molecular weight excluding hydrogens is 376 g/mol. The molecule has 0 bridgehead atoms. The Kier molecular flexibility index (Phi) is 4.63. The van der Waals surface area contributed by atoms with E-state index in [1.807, 2.05) is 0 Å². The number of methoxy groups -OCH3 is 2. The molecule has 2 aromatic carbocycles. The van der Waals surface area contributed by atoms with Crippen LogP contribution < -0.4 is 15.3 Å². The summed E-state index contributed by atoms with van der Waals surface area (Å²) in [4.78, 5) is 42.6. The van der Waals surface area contributed by atoms with Gasteiger partial charge in [0.05, 0.1) is 32.9 Å². The first-order valence-corrected chi connectivity index (χ1v) is 8.83. The fraction of sp³-hybridized carbons (Fsp3) is 0.200. The van der Waals surface area contributed by atoms with Crippen molar-refractivity contribution in [3.05, 3.63) is 76.0 Å². The Balaban J connectivity index is 1.64. The van der Waals surface area contributed by atoms with Crippen molar-refractivity contribution in [1.29, 1.82) is 0 Å². The van der Waals surface area contributed by atoms with E-state index in [9.17, 15) is 14.4 Å². The van der Waals surface area contributed by atoms with Crippen LogP contribution in [0.1, 0.15) is 21.7 Å². The lowest BCUT2D eigenvalue weighted by molar-refractivity contribution is 0.0600. The van der Waals surface area contributed by atoms with Gasteiger partial charge in [-0.1, -0.05) is 12.1 Å². The molecule has 0 saturated heterocycles. The van der Waals surface area contributed by atoms with Crippen LogP contribution in [0.3, 0.4) is 0 Å². The SMILES string of the molecule is COC(=O)c1cccc(Cn2c(=O)nc3n2C(=O)N(c2ccc(OC)cc2)C3)c1. The average molecular weight is 394 g/mol. The number of anilines is 1. The Hall–Kier alpha value is -3.88. The van der Waals surface area contributed by atoms with Gasteiger partial charge in [-0.25, -0.2) is 19.1 Å². The van der Waals surface area contributed by atoms with Crippen LogP contribution in [0.2, 0.25) is 0 Å². The van der Waals surface area contributed by atoms with E-state index in [0.29, 0.717) is 28.4 Å². The van der Waals surface area contributed by atoms with E-state index in [-0.39, 0.29) is 19.1 Å². The highest BCUT2D eigenvalue weighted by atomic mass is 16.5. The van der Waals surface area contributed by atoms with Crippen LogP contribution in [-0.4, -0.2) is 40.6 Å². The molecule has 3 aromatic rings. The monoisotopic (exact) mass is 394 g/mol. The highest BCUT2D eigenvalue weighted by Gasteiger charge is 2.33. The number of carbonyl (C=O) groups is 2. The minimum absolute atomic E-state index is 0.0961. The van der Waals surface area contributed by atoms with E-state index in [2.05, 4.69) is 4.98 Å². The van der Waals surface area contributed by atoms with Gasteiger partial charge >= 0.3 is 17.7 Å². The largest absolute Gasteiger partial charge is 0.497 e. The predicted molar refractivity (Wildman–Crippen MR) is 103 cm³/mol. The zero-order valence-electron chi connectivity index (χ0n) is 15.9. The molecule has 0 radical (unpaired) electrons. The van der Waals surface area contributed by atoms with Crippen molar-refractivity contribution in [2.45, 2.75) is 13.1 Å². The third-order valence-corrected chi connectivity index (χ3v) is 4.71. The summed E-state index contributed by atoms with van der Waals surface area (Å²) in [6.07, 6.45) is 0. The predicted octanol–water partition coefficient (Wildman–Crippen LogP) is 1.88. The van der Waals surface area contributed by atoms with Crippen LogP contribution in [0, 0.1) is 0 Å². The molecule has 1 aliphatic heterocycles. The number of rotatable bonds is 5. The number of carbonyl (C=O) groups excluding carboxylic acids is 2. The molecule has 0 aliphatic carbocycles. The van der Waals surface area contributed by atoms with Gasteiger partial charge in [0.15, 0.2) is 5.82 Å². The van der Waals surface area contributed by atoms with Crippen LogP contribution in [0.5, 0.6) is 5.75 Å². The van der Waals surface area contributed by atoms with E-state index in [1.54, 1.807) is 55.6 Å². The van der Waals surface area contributed by atoms with Crippen LogP contribution in [0.4, 0.5) is 10.5 Å². The number of fused-ring (bicyclic) bond motifs is 1. The third kappa shape index (κ3) is 3.27. The summed E-state index contributed by atoms with van der Waals surface area (Å²) in [5.41, 5.74) is 1.19. The highest BCUT2D eigenvalue weighted by Crippen LogP contribution is 2.25. The van der Waals surface area contributed by atoms with Gasteiger partial charge in [0.2, 0.25) is 0 Å². The number of aromatic nitrogens is 3. The number of nitrogens with zero attached hydrogens (tertiary/aromatic N) is 4. The minimum Gasteiger partial charge on any atom is -0.497 e. The molecule has 2 heterocycles. The van der Waals surface area contributed by atoms with Crippen molar-refractivity contribution in [3.63, 3.8) is 0 Å². The summed E-state index contributed by atoms with van der Waals surface area (Å²) in [5, 5.41) is 0. The van der Waals surface area contributed by atoms with Crippen molar-refractivity contribution >= 4 is 17.7 Å². The number of benzene rings is 2. The topological polar surface area (TPSA) is 95.7 Å². The zero-order chi connectivity index (χ0) is 20.5. The Bertz CT molecular complexity index is 1150. The summed E-state index contributed by atoms with van der Waals surface area (Å²) in [6.45, 7) is 0.286. The van der Waals surface area contributed by atoms with Crippen LogP contribution in [0.25, 0.3) is 0 Å². The van der Waals surface area contributed by atoms with Crippen molar-refractivity contribution in [1.82, 2.24) is 14.3 Å². The van der Waals surface area contributed by atoms with Crippen LogP contribution >= 0.6 is 0 Å². The van der Waals surface area contributed by atoms with Crippen molar-refractivity contribution in [2.24, 2.45) is 0 Å². The van der Waals surface area contributed by atoms with Gasteiger partial charge in [-0.3, -0.25) is 4.90 Å². The average Bonchev–Trinajstić information content (AvgIpc) is 3.23. The molecule has 0 saturated carbocycles. The molecular formula is C20H18N4O5. The molecule has 0 spiro atoms. The summed E-state index contributed by atoms with van der Waals surface area (Å²) < 4.78 is 12.4. The second-order valence-electron chi connectivity index (χ2n) is 6.44. The van der Waals surface area contributed by atoms with Gasteiger partial charge in [-0.05, 0) is 42.0 Å². The van der Waals surface area contributed by atoms with E-state index in [0.717, 1.165) is 0 Å². The second-order valence-corrected chi connectivity index (χ2v) is 6.44. The zero-order valence-corrected chi connectivity index (χ0v) is 15.9. The van der Waals surface area contributed by atoms with E-state index < -0.39 is 11.7 Å². The molecule has 1 amide bonds. The summed E-state index contributed by atoms with van der Waals surface area (Å²) in [7, 11) is 2.87. The van der Waals surface area contributed by atoms with Crippen molar-refractivity contribution in [2.75, 3.05) is 19.1 Å². The number of ether oxygens (including phenoxy) is 2. The maximum Gasteiger partial charge on any atom is 0.364 e. The Morgan fingerprint density at radius 1 is 1.10 bits per heavy atom. The molecule has 0 unspecified atom stereocenters. The van der Waals surface area contributed by atoms with Gasteiger partial charge < -0.3 is 9.47 Å². The lowest BCUT2D eigenvalue weighted by atomic mass is 10.1.